The maximum atomic E-state index is 12.4. The summed E-state index contributed by atoms with van der Waals surface area (Å²) >= 11 is 0. The molecule has 1 aromatic heterocycles. The van der Waals surface area contributed by atoms with Gasteiger partial charge in [0.05, 0.1) is 16.9 Å². The first-order valence-electron chi connectivity index (χ1n) is 11.3. The van der Waals surface area contributed by atoms with Crippen molar-refractivity contribution in [2.75, 3.05) is 13.2 Å². The van der Waals surface area contributed by atoms with Crippen molar-refractivity contribution < 1.29 is 19.7 Å². The maximum absolute atomic E-state index is 12.4. The topological polar surface area (TPSA) is 94.9 Å². The number of aliphatic hydroxyl groups is 2. The highest BCUT2D eigenvalue weighted by molar-refractivity contribution is 5.91. The summed E-state index contributed by atoms with van der Waals surface area (Å²) in [5, 5.41) is 26.9. The van der Waals surface area contributed by atoms with Crippen molar-refractivity contribution in [3.63, 3.8) is 0 Å². The van der Waals surface area contributed by atoms with Crippen LogP contribution in [0, 0.1) is 0 Å². The summed E-state index contributed by atoms with van der Waals surface area (Å²) in [7, 11) is 0. The molecule has 0 fully saturated rings. The van der Waals surface area contributed by atoms with Gasteiger partial charge in [-0.1, -0.05) is 39.0 Å². The summed E-state index contributed by atoms with van der Waals surface area (Å²) in [4.78, 5) is 19.2. The number of nitrogens with zero attached hydrogens (tertiary/aromatic N) is 2. The van der Waals surface area contributed by atoms with Crippen molar-refractivity contribution in [1.82, 2.24) is 15.2 Å². The minimum absolute atomic E-state index is 0.0190. The number of cyclic esters (lactones) is 1. The number of esters is 1. The molecular weight excluding hydrogens is 406 g/mol. The number of carbonyl (C=O) groups is 1. The Labute approximate surface area is 187 Å². The summed E-state index contributed by atoms with van der Waals surface area (Å²) in [6.07, 6.45) is 1.87. The molecule has 2 atom stereocenters. The fourth-order valence-electron chi connectivity index (χ4n) is 5.04. The van der Waals surface area contributed by atoms with Crippen LogP contribution in [0.4, 0.5) is 0 Å². The standard InChI is InChI=1S/C25H29N3O4/c1-4-25(31)19-11-21-22-17(12-28(21)23(29)18(19)13-32-24(25)30)15(9-10-26-14(2)3)16-7-5-6-8-20(16)27-22/h5-8,11,14,23,26,29,31H,4,9-10,12-13H2,1-3H3/t23?,25-/m0/s1. The van der Waals surface area contributed by atoms with Gasteiger partial charge in [-0.05, 0) is 37.1 Å². The lowest BCUT2D eigenvalue weighted by atomic mass is 9.82. The minimum Gasteiger partial charge on any atom is -0.459 e. The SMILES string of the molecule is CC[C@@]1(O)C(=O)OCC2=C1C=C1c3nc4ccccc4c(CCNC(C)C)c3CN1C2O. The number of aromatic nitrogens is 1. The Hall–Kier alpha value is -2.74. The quantitative estimate of drug-likeness (QED) is 0.620. The van der Waals surface area contributed by atoms with Crippen molar-refractivity contribution in [3.05, 3.63) is 58.3 Å². The van der Waals surface area contributed by atoms with E-state index in [1.165, 1.54) is 5.56 Å². The molecule has 0 amide bonds. The number of benzene rings is 1. The molecule has 3 N–H and O–H groups in total. The van der Waals surface area contributed by atoms with E-state index in [1.54, 1.807) is 6.92 Å². The third-order valence-corrected chi connectivity index (χ3v) is 6.81. The van der Waals surface area contributed by atoms with E-state index in [9.17, 15) is 15.0 Å². The van der Waals surface area contributed by atoms with Crippen molar-refractivity contribution in [2.45, 2.75) is 58.0 Å². The van der Waals surface area contributed by atoms with E-state index in [1.807, 2.05) is 29.2 Å². The number of hydrogen-bond acceptors (Lipinski definition) is 7. The second-order valence-electron chi connectivity index (χ2n) is 9.05. The van der Waals surface area contributed by atoms with E-state index in [0.29, 0.717) is 23.7 Å². The third kappa shape index (κ3) is 3.07. The number of nitrogens with one attached hydrogen (secondary N) is 1. The van der Waals surface area contributed by atoms with Gasteiger partial charge in [0.25, 0.3) is 0 Å². The second-order valence-corrected chi connectivity index (χ2v) is 9.05. The Morgan fingerprint density at radius 3 is 2.88 bits per heavy atom. The number of fused-ring (bicyclic) bond motifs is 4. The van der Waals surface area contributed by atoms with E-state index >= 15 is 0 Å². The lowest BCUT2D eigenvalue weighted by Gasteiger charge is -2.40. The van der Waals surface area contributed by atoms with Crippen LogP contribution in [0.25, 0.3) is 16.6 Å². The highest BCUT2D eigenvalue weighted by Gasteiger charge is 2.49. The number of aliphatic hydroxyl groups excluding tert-OH is 1. The summed E-state index contributed by atoms with van der Waals surface area (Å²) < 4.78 is 5.23. The minimum atomic E-state index is -1.75. The Morgan fingerprint density at radius 2 is 2.12 bits per heavy atom. The molecule has 5 rings (SSSR count). The largest absolute Gasteiger partial charge is 0.459 e. The predicted octanol–water partition coefficient (Wildman–Crippen LogP) is 2.26. The molecular formula is C25H29N3O4. The number of para-hydroxylation sites is 1. The van der Waals surface area contributed by atoms with Crippen LogP contribution in [0.5, 0.6) is 0 Å². The van der Waals surface area contributed by atoms with Gasteiger partial charge in [-0.3, -0.25) is 0 Å². The third-order valence-electron chi connectivity index (χ3n) is 6.81. The molecule has 3 aliphatic rings. The van der Waals surface area contributed by atoms with Crippen molar-refractivity contribution in [2.24, 2.45) is 0 Å². The monoisotopic (exact) mass is 435 g/mol. The van der Waals surface area contributed by atoms with E-state index in [0.717, 1.165) is 40.8 Å². The van der Waals surface area contributed by atoms with Crippen LogP contribution in [-0.4, -0.2) is 57.1 Å². The summed E-state index contributed by atoms with van der Waals surface area (Å²) in [5.41, 5.74) is 4.00. The number of rotatable bonds is 5. The van der Waals surface area contributed by atoms with Gasteiger partial charge in [0, 0.05) is 34.7 Å². The van der Waals surface area contributed by atoms with Crippen LogP contribution >= 0.6 is 0 Å². The highest BCUT2D eigenvalue weighted by Crippen LogP contribution is 2.45. The molecule has 2 aromatic rings. The van der Waals surface area contributed by atoms with Crippen molar-refractivity contribution in [1.29, 1.82) is 0 Å². The smallest absolute Gasteiger partial charge is 0.343 e. The first kappa shape index (κ1) is 21.1. The number of hydrogen-bond donors (Lipinski definition) is 3. The average molecular weight is 436 g/mol. The lowest BCUT2D eigenvalue weighted by Crippen LogP contribution is -2.50. The Balaban J connectivity index is 1.66. The van der Waals surface area contributed by atoms with E-state index in [4.69, 9.17) is 9.72 Å². The fourth-order valence-corrected chi connectivity index (χ4v) is 5.04. The molecule has 3 aliphatic heterocycles. The van der Waals surface area contributed by atoms with Crippen LogP contribution in [0.1, 0.15) is 44.0 Å². The molecule has 1 aromatic carbocycles. The number of ether oxygens (including phenoxy) is 1. The van der Waals surface area contributed by atoms with Crippen LogP contribution in [0.15, 0.2) is 41.5 Å². The summed E-state index contributed by atoms with van der Waals surface area (Å²) in [5.74, 6) is -0.665. The molecule has 7 nitrogen and oxygen atoms in total. The van der Waals surface area contributed by atoms with Crippen LogP contribution in [-0.2, 0) is 22.5 Å². The fraction of sp³-hybridized carbons (Fsp3) is 0.440. The van der Waals surface area contributed by atoms with Gasteiger partial charge in [-0.15, -0.1) is 0 Å². The Morgan fingerprint density at radius 1 is 1.34 bits per heavy atom. The van der Waals surface area contributed by atoms with Gasteiger partial charge in [0.15, 0.2) is 11.8 Å². The molecule has 0 spiro atoms. The number of pyridine rings is 1. The molecule has 168 valence electrons. The first-order chi connectivity index (χ1) is 15.3. The van der Waals surface area contributed by atoms with Crippen LogP contribution in [0.2, 0.25) is 0 Å². The van der Waals surface area contributed by atoms with Gasteiger partial charge in [-0.25, -0.2) is 9.78 Å². The maximum Gasteiger partial charge on any atom is 0.343 e. The molecule has 4 heterocycles. The molecule has 1 unspecified atom stereocenters. The molecule has 0 bridgehead atoms. The molecule has 0 saturated carbocycles. The van der Waals surface area contributed by atoms with Crippen molar-refractivity contribution in [3.8, 4) is 0 Å². The van der Waals surface area contributed by atoms with E-state index in [2.05, 4.69) is 25.2 Å². The molecule has 32 heavy (non-hydrogen) atoms. The van der Waals surface area contributed by atoms with Gasteiger partial charge in [0.1, 0.15) is 6.61 Å². The second kappa shape index (κ2) is 7.69. The van der Waals surface area contributed by atoms with E-state index in [-0.39, 0.29) is 13.0 Å². The zero-order chi connectivity index (χ0) is 22.6. The molecule has 0 saturated heterocycles. The normalized spacial score (nSPS) is 24.4. The Kier molecular flexibility index (Phi) is 5.08. The zero-order valence-corrected chi connectivity index (χ0v) is 18.7. The highest BCUT2D eigenvalue weighted by atomic mass is 16.6. The van der Waals surface area contributed by atoms with Gasteiger partial charge < -0.3 is 25.2 Å². The molecule has 0 aliphatic carbocycles. The summed E-state index contributed by atoms with van der Waals surface area (Å²) in [6.45, 7) is 7.34. The molecule has 7 heteroatoms. The zero-order valence-electron chi connectivity index (χ0n) is 18.7. The van der Waals surface area contributed by atoms with Gasteiger partial charge >= 0.3 is 5.97 Å². The van der Waals surface area contributed by atoms with E-state index < -0.39 is 17.8 Å². The lowest BCUT2D eigenvalue weighted by molar-refractivity contribution is -0.164. The van der Waals surface area contributed by atoms with Gasteiger partial charge in [-0.2, -0.15) is 0 Å². The first-order valence-corrected chi connectivity index (χ1v) is 11.3. The molecule has 0 radical (unpaired) electrons. The summed E-state index contributed by atoms with van der Waals surface area (Å²) in [6, 6.07) is 8.50. The van der Waals surface area contributed by atoms with Crippen LogP contribution in [0.3, 0.4) is 0 Å². The Bertz CT molecular complexity index is 1170. The van der Waals surface area contributed by atoms with Gasteiger partial charge in [0.2, 0.25) is 0 Å². The predicted molar refractivity (Wildman–Crippen MR) is 121 cm³/mol. The van der Waals surface area contributed by atoms with Crippen molar-refractivity contribution >= 4 is 22.6 Å². The van der Waals surface area contributed by atoms with Crippen LogP contribution < -0.4 is 5.32 Å². The average Bonchev–Trinajstić information content (AvgIpc) is 3.15. The number of carbonyl (C=O) groups excluding carboxylic acids is 1.